The van der Waals surface area contributed by atoms with Gasteiger partial charge in [-0.25, -0.2) is 4.39 Å². The van der Waals surface area contributed by atoms with Gasteiger partial charge in [0.25, 0.3) is 0 Å². The molecule has 2 heterocycles. The number of benzene rings is 1. The number of epoxide rings is 1. The van der Waals surface area contributed by atoms with Gasteiger partial charge in [-0.3, -0.25) is 4.98 Å². The Hall–Kier alpha value is -1.94. The first-order valence-electron chi connectivity index (χ1n) is 5.77. The van der Waals surface area contributed by atoms with Gasteiger partial charge in [0.1, 0.15) is 24.3 Å². The number of pyridine rings is 1. The maximum Gasteiger partial charge on any atom is 0.127 e. The molecular formula is C14H12FNO2. The highest BCUT2D eigenvalue weighted by Gasteiger charge is 2.23. The number of halogens is 1. The van der Waals surface area contributed by atoms with Gasteiger partial charge in [0, 0.05) is 24.0 Å². The third kappa shape index (κ3) is 2.65. The molecule has 1 aliphatic heterocycles. The summed E-state index contributed by atoms with van der Waals surface area (Å²) < 4.78 is 24.1. The van der Waals surface area contributed by atoms with Crippen molar-refractivity contribution in [2.45, 2.75) is 6.10 Å². The van der Waals surface area contributed by atoms with Crippen LogP contribution in [0, 0.1) is 5.82 Å². The third-order valence-corrected chi connectivity index (χ3v) is 2.70. The lowest BCUT2D eigenvalue weighted by molar-refractivity contribution is 0.262. The smallest absolute Gasteiger partial charge is 0.127 e. The normalized spacial score (nSPS) is 17.5. The van der Waals surface area contributed by atoms with E-state index in [4.69, 9.17) is 9.47 Å². The Morgan fingerprint density at radius 1 is 1.33 bits per heavy atom. The molecule has 1 aromatic heterocycles. The summed E-state index contributed by atoms with van der Waals surface area (Å²) >= 11 is 0. The molecule has 1 fully saturated rings. The first-order valence-corrected chi connectivity index (χ1v) is 5.77. The molecule has 0 aliphatic carbocycles. The predicted molar refractivity (Wildman–Crippen MR) is 64.9 cm³/mol. The number of ether oxygens (including phenoxy) is 2. The zero-order valence-corrected chi connectivity index (χ0v) is 9.67. The molecule has 3 nitrogen and oxygen atoms in total. The van der Waals surface area contributed by atoms with Crippen LogP contribution in [0.15, 0.2) is 42.7 Å². The lowest BCUT2D eigenvalue weighted by atomic mass is 10.1. The second-order valence-electron chi connectivity index (χ2n) is 4.18. The molecule has 2 aromatic rings. The second kappa shape index (κ2) is 4.74. The molecule has 1 unspecified atom stereocenters. The van der Waals surface area contributed by atoms with Crippen molar-refractivity contribution in [3.05, 3.63) is 48.5 Å². The minimum absolute atomic E-state index is 0.162. The average Bonchev–Trinajstić information content (AvgIpc) is 3.21. The van der Waals surface area contributed by atoms with Gasteiger partial charge in [0.05, 0.1) is 6.61 Å². The Kier molecular flexibility index (Phi) is 2.94. The van der Waals surface area contributed by atoms with E-state index in [0.717, 1.165) is 17.7 Å². The molecule has 0 N–H and O–H groups in total. The number of hydrogen-bond donors (Lipinski definition) is 0. The first kappa shape index (κ1) is 11.2. The lowest BCUT2D eigenvalue weighted by Crippen LogP contribution is -2.04. The van der Waals surface area contributed by atoms with Crippen molar-refractivity contribution in [1.82, 2.24) is 4.98 Å². The minimum atomic E-state index is -0.317. The highest BCUT2D eigenvalue weighted by atomic mass is 19.1. The zero-order chi connectivity index (χ0) is 12.4. The average molecular weight is 245 g/mol. The van der Waals surface area contributed by atoms with Crippen molar-refractivity contribution < 1.29 is 13.9 Å². The lowest BCUT2D eigenvalue weighted by Gasteiger charge is -2.07. The standard InChI is InChI=1S/C14H12FNO2/c15-12-4-11(10-2-1-3-16-7-10)5-13(6-12)17-8-14-9-18-14/h1-7,14H,8-9H2. The molecule has 0 bridgehead atoms. The molecule has 0 radical (unpaired) electrons. The van der Waals surface area contributed by atoms with Crippen LogP contribution in [-0.4, -0.2) is 24.3 Å². The molecule has 0 spiro atoms. The van der Waals surface area contributed by atoms with Gasteiger partial charge in [-0.2, -0.15) is 0 Å². The van der Waals surface area contributed by atoms with E-state index < -0.39 is 0 Å². The molecule has 3 rings (SSSR count). The van der Waals surface area contributed by atoms with Gasteiger partial charge in [-0.15, -0.1) is 0 Å². The maximum atomic E-state index is 13.5. The SMILES string of the molecule is Fc1cc(OCC2CO2)cc(-c2cccnc2)c1. The zero-order valence-electron chi connectivity index (χ0n) is 9.67. The summed E-state index contributed by atoms with van der Waals surface area (Å²) in [5, 5.41) is 0. The summed E-state index contributed by atoms with van der Waals surface area (Å²) in [6.45, 7) is 1.20. The van der Waals surface area contributed by atoms with E-state index in [9.17, 15) is 4.39 Å². The molecule has 1 saturated heterocycles. The van der Waals surface area contributed by atoms with Crippen LogP contribution in [0.5, 0.6) is 5.75 Å². The summed E-state index contributed by atoms with van der Waals surface area (Å²) in [6, 6.07) is 8.36. The van der Waals surface area contributed by atoms with E-state index in [-0.39, 0.29) is 11.9 Å². The minimum Gasteiger partial charge on any atom is -0.491 e. The number of aromatic nitrogens is 1. The van der Waals surface area contributed by atoms with Crippen LogP contribution in [-0.2, 0) is 4.74 Å². The molecule has 1 atom stereocenters. The van der Waals surface area contributed by atoms with E-state index in [1.807, 2.05) is 18.2 Å². The van der Waals surface area contributed by atoms with E-state index in [2.05, 4.69) is 4.98 Å². The van der Waals surface area contributed by atoms with Crippen LogP contribution in [0.25, 0.3) is 11.1 Å². The number of hydrogen-bond acceptors (Lipinski definition) is 3. The summed E-state index contributed by atoms with van der Waals surface area (Å²) in [4.78, 5) is 4.02. The van der Waals surface area contributed by atoms with E-state index in [0.29, 0.717) is 12.4 Å². The van der Waals surface area contributed by atoms with Gasteiger partial charge < -0.3 is 9.47 Å². The van der Waals surface area contributed by atoms with Crippen LogP contribution in [0.2, 0.25) is 0 Å². The van der Waals surface area contributed by atoms with Gasteiger partial charge in [-0.1, -0.05) is 6.07 Å². The van der Waals surface area contributed by atoms with Crippen LogP contribution >= 0.6 is 0 Å². The van der Waals surface area contributed by atoms with Crippen molar-refractivity contribution in [1.29, 1.82) is 0 Å². The molecule has 0 amide bonds. The molecular weight excluding hydrogens is 233 g/mol. The molecule has 1 aromatic carbocycles. The van der Waals surface area contributed by atoms with Crippen molar-refractivity contribution in [3.8, 4) is 16.9 Å². The van der Waals surface area contributed by atoms with Gasteiger partial charge in [0.15, 0.2) is 0 Å². The van der Waals surface area contributed by atoms with Crippen LogP contribution in [0.1, 0.15) is 0 Å². The fourth-order valence-corrected chi connectivity index (χ4v) is 1.70. The van der Waals surface area contributed by atoms with Crippen LogP contribution in [0.3, 0.4) is 0 Å². The fourth-order valence-electron chi connectivity index (χ4n) is 1.70. The summed E-state index contributed by atoms with van der Waals surface area (Å²) in [5.74, 6) is 0.201. The topological polar surface area (TPSA) is 34.6 Å². The van der Waals surface area contributed by atoms with Gasteiger partial charge in [-0.05, 0) is 23.8 Å². The molecule has 92 valence electrons. The van der Waals surface area contributed by atoms with Crippen molar-refractivity contribution in [2.24, 2.45) is 0 Å². The van der Waals surface area contributed by atoms with Crippen LogP contribution in [0.4, 0.5) is 4.39 Å². The second-order valence-corrected chi connectivity index (χ2v) is 4.18. The third-order valence-electron chi connectivity index (χ3n) is 2.70. The van der Waals surface area contributed by atoms with E-state index in [1.54, 1.807) is 12.4 Å². The maximum absolute atomic E-state index is 13.5. The summed E-state index contributed by atoms with van der Waals surface area (Å²) in [7, 11) is 0. The quantitative estimate of drug-likeness (QED) is 0.777. The number of rotatable bonds is 4. The Morgan fingerprint density at radius 3 is 2.94 bits per heavy atom. The summed E-state index contributed by atoms with van der Waals surface area (Å²) in [6.07, 6.45) is 3.54. The highest BCUT2D eigenvalue weighted by molar-refractivity contribution is 5.64. The first-order chi connectivity index (χ1) is 8.81. The van der Waals surface area contributed by atoms with Gasteiger partial charge in [0.2, 0.25) is 0 Å². The Bertz CT molecular complexity index is 541. The molecule has 4 heteroatoms. The Morgan fingerprint density at radius 2 is 2.22 bits per heavy atom. The van der Waals surface area contributed by atoms with Crippen molar-refractivity contribution >= 4 is 0 Å². The molecule has 18 heavy (non-hydrogen) atoms. The van der Waals surface area contributed by atoms with Gasteiger partial charge >= 0.3 is 0 Å². The van der Waals surface area contributed by atoms with Crippen molar-refractivity contribution in [2.75, 3.05) is 13.2 Å². The Labute approximate surface area is 104 Å². The van der Waals surface area contributed by atoms with E-state index >= 15 is 0 Å². The molecule has 0 saturated carbocycles. The number of nitrogens with zero attached hydrogens (tertiary/aromatic N) is 1. The monoisotopic (exact) mass is 245 g/mol. The highest BCUT2D eigenvalue weighted by Crippen LogP contribution is 2.25. The van der Waals surface area contributed by atoms with Crippen LogP contribution < -0.4 is 4.74 Å². The molecule has 1 aliphatic rings. The summed E-state index contributed by atoms with van der Waals surface area (Å²) in [5.41, 5.74) is 1.62. The Balaban J connectivity index is 1.85. The largest absolute Gasteiger partial charge is 0.491 e. The predicted octanol–water partition coefficient (Wildman–Crippen LogP) is 2.67. The van der Waals surface area contributed by atoms with E-state index in [1.165, 1.54) is 12.1 Å². The fraction of sp³-hybridized carbons (Fsp3) is 0.214. The van der Waals surface area contributed by atoms with Crippen molar-refractivity contribution in [3.63, 3.8) is 0 Å².